The molecule has 0 heterocycles. The fourth-order valence-corrected chi connectivity index (χ4v) is 4.14. The maximum atomic E-state index is 11.4. The molecule has 0 amide bonds. The summed E-state index contributed by atoms with van der Waals surface area (Å²) in [6.07, 6.45) is 0.813. The largest absolute Gasteiger partial charge is 0.478 e. The van der Waals surface area contributed by atoms with Crippen LogP contribution in [-0.2, 0) is 6.42 Å². The molecule has 0 spiro atoms. The van der Waals surface area contributed by atoms with Gasteiger partial charge in [0.2, 0.25) is 0 Å². The van der Waals surface area contributed by atoms with Crippen molar-refractivity contribution in [1.29, 1.82) is 0 Å². The lowest BCUT2D eigenvalue weighted by molar-refractivity contribution is 0.0651. The average molecular weight is 423 g/mol. The molecule has 4 aromatic carbocycles. The van der Waals surface area contributed by atoms with Gasteiger partial charge in [0.05, 0.1) is 12.5 Å². The van der Waals surface area contributed by atoms with Gasteiger partial charge in [-0.15, -0.1) is 0 Å². The van der Waals surface area contributed by atoms with Gasteiger partial charge in [-0.3, -0.25) is 0 Å². The van der Waals surface area contributed by atoms with Crippen LogP contribution in [0.4, 0.5) is 0 Å². The fraction of sp³-hybridized carbons (Fsp3) is 0.0370. The number of ether oxygens (including phenoxy) is 1. The molecule has 1 aliphatic rings. The summed E-state index contributed by atoms with van der Waals surface area (Å²) >= 11 is 0. The third-order valence-electron chi connectivity index (χ3n) is 5.61. The highest BCUT2D eigenvalue weighted by atomic mass is 16.5. The van der Waals surface area contributed by atoms with Crippen molar-refractivity contribution in [3.05, 3.63) is 107 Å². The van der Waals surface area contributed by atoms with Crippen LogP contribution in [0.25, 0.3) is 22.3 Å². The van der Waals surface area contributed by atoms with Gasteiger partial charge in [-0.05, 0) is 70.1 Å². The molecule has 0 radical (unpaired) electrons. The van der Waals surface area contributed by atoms with Gasteiger partial charge in [0.1, 0.15) is 11.5 Å². The number of carboxylic acid groups (broad SMARTS) is 2. The normalized spacial score (nSPS) is 11.9. The van der Waals surface area contributed by atoms with Crippen molar-refractivity contribution >= 4 is 11.9 Å². The monoisotopic (exact) mass is 423 g/mol. The predicted octanol–water partition coefficient (Wildman–Crippen LogP) is 6.11. The minimum Gasteiger partial charge on any atom is -0.478 e. The molecule has 0 saturated heterocycles. The molecule has 32 heavy (non-hydrogen) atoms. The smallest absolute Gasteiger partial charge is 0.336 e. The molecule has 5 nitrogen and oxygen atoms in total. The summed E-state index contributed by atoms with van der Waals surface area (Å²) in [6, 6.07) is 23.6. The molecule has 5 heteroatoms. The van der Waals surface area contributed by atoms with Crippen molar-refractivity contribution < 1.29 is 25.9 Å². The first kappa shape index (κ1) is 18.4. The zero-order valence-corrected chi connectivity index (χ0v) is 16.8. The Balaban J connectivity index is 1.47. The molecular weight excluding hydrogens is 404 g/mol. The van der Waals surface area contributed by atoms with E-state index in [1.54, 1.807) is 12.1 Å². The number of rotatable bonds is 5. The highest BCUT2D eigenvalue weighted by Gasteiger charge is 2.21. The number of hydrogen-bond donors (Lipinski definition) is 2. The Morgan fingerprint density at radius 1 is 0.750 bits per heavy atom. The number of aromatic carboxylic acids is 2. The van der Waals surface area contributed by atoms with E-state index >= 15 is 0 Å². The predicted molar refractivity (Wildman–Crippen MR) is 121 cm³/mol. The number of benzene rings is 4. The molecule has 0 saturated carbocycles. The first-order valence-electron chi connectivity index (χ1n) is 10.5. The number of hydrogen-bond acceptors (Lipinski definition) is 3. The van der Waals surface area contributed by atoms with Gasteiger partial charge < -0.3 is 14.9 Å². The zero-order valence-electron chi connectivity index (χ0n) is 17.8. The van der Waals surface area contributed by atoms with Crippen LogP contribution in [0.2, 0.25) is 0 Å². The Bertz CT molecular complexity index is 1440. The molecule has 0 aliphatic heterocycles. The van der Waals surface area contributed by atoms with E-state index < -0.39 is 11.9 Å². The highest BCUT2D eigenvalue weighted by molar-refractivity contribution is 6.02. The van der Waals surface area contributed by atoms with Crippen molar-refractivity contribution in [3.63, 3.8) is 0 Å². The van der Waals surface area contributed by atoms with Gasteiger partial charge in [0.25, 0.3) is 0 Å². The Hall–Kier alpha value is -4.38. The first-order valence-corrected chi connectivity index (χ1v) is 10.0. The summed E-state index contributed by atoms with van der Waals surface area (Å²) in [7, 11) is 0. The van der Waals surface area contributed by atoms with Gasteiger partial charge in [-0.2, -0.15) is 0 Å². The summed E-state index contributed by atoms with van der Waals surface area (Å²) in [5.41, 5.74) is 5.97. The van der Waals surface area contributed by atoms with Crippen molar-refractivity contribution in [2.24, 2.45) is 0 Å². The molecule has 5 rings (SSSR count). The summed E-state index contributed by atoms with van der Waals surface area (Å²) in [5.74, 6) is -2.14. The maximum Gasteiger partial charge on any atom is 0.336 e. The van der Waals surface area contributed by atoms with E-state index in [2.05, 4.69) is 18.2 Å². The summed E-state index contributed by atoms with van der Waals surface area (Å²) in [5, 5.41) is 18.5. The number of fused-ring (bicyclic) bond motifs is 3. The van der Waals surface area contributed by atoms with Crippen molar-refractivity contribution in [3.8, 4) is 33.8 Å². The van der Waals surface area contributed by atoms with Gasteiger partial charge in [-0.25, -0.2) is 9.59 Å². The third-order valence-corrected chi connectivity index (χ3v) is 5.61. The van der Waals surface area contributed by atoms with E-state index in [4.69, 9.17) is 11.2 Å². The Labute approximate surface area is 185 Å². The third kappa shape index (κ3) is 3.40. The minimum absolute atomic E-state index is 0.181. The molecule has 0 unspecified atom stereocenters. The van der Waals surface area contributed by atoms with Crippen LogP contribution in [0.15, 0.2) is 84.9 Å². The van der Waals surface area contributed by atoms with E-state index in [-0.39, 0.29) is 22.9 Å². The highest BCUT2D eigenvalue weighted by Crippen LogP contribution is 2.41. The van der Waals surface area contributed by atoms with Crippen LogP contribution in [0, 0.1) is 0 Å². The summed E-state index contributed by atoms with van der Waals surface area (Å²) < 4.78 is 14.3. The Morgan fingerprint density at radius 2 is 1.47 bits per heavy atom. The average Bonchev–Trinajstić information content (AvgIpc) is 3.18. The van der Waals surface area contributed by atoms with Gasteiger partial charge >= 0.3 is 11.9 Å². The van der Waals surface area contributed by atoms with E-state index in [1.807, 2.05) is 30.3 Å². The van der Waals surface area contributed by atoms with Crippen LogP contribution in [0.5, 0.6) is 11.5 Å². The van der Waals surface area contributed by atoms with Gasteiger partial charge in [0.15, 0.2) is 0 Å². The molecule has 0 fully saturated rings. The number of carbonyl (C=O) groups is 2. The summed E-state index contributed by atoms with van der Waals surface area (Å²) in [4.78, 5) is 22.6. The molecule has 1 aliphatic carbocycles. The topological polar surface area (TPSA) is 83.8 Å². The lowest BCUT2D eigenvalue weighted by Crippen LogP contribution is -2.07. The van der Waals surface area contributed by atoms with E-state index in [9.17, 15) is 14.7 Å². The second-order valence-electron chi connectivity index (χ2n) is 7.52. The SMILES string of the molecule is [2H]c1cc(Oc2ccc(C(=O)O)c(C(=O)O)c2)ccc1-c1cccc2c1Cc1ccccc1-2. The number of carboxylic acids is 2. The molecule has 0 bridgehead atoms. The van der Waals surface area contributed by atoms with Gasteiger partial charge in [-0.1, -0.05) is 54.6 Å². The Morgan fingerprint density at radius 3 is 2.25 bits per heavy atom. The maximum absolute atomic E-state index is 11.4. The zero-order chi connectivity index (χ0) is 23.1. The summed E-state index contributed by atoms with van der Waals surface area (Å²) in [6.45, 7) is 0. The lowest BCUT2D eigenvalue weighted by Gasteiger charge is -2.11. The van der Waals surface area contributed by atoms with Crippen molar-refractivity contribution in [1.82, 2.24) is 0 Å². The van der Waals surface area contributed by atoms with Crippen LogP contribution in [-0.4, -0.2) is 22.2 Å². The van der Waals surface area contributed by atoms with Gasteiger partial charge in [0, 0.05) is 0 Å². The van der Waals surface area contributed by atoms with E-state index in [0.29, 0.717) is 5.75 Å². The quantitative estimate of drug-likeness (QED) is 0.356. The van der Waals surface area contributed by atoms with Crippen LogP contribution < -0.4 is 4.74 Å². The molecule has 4 aromatic rings. The van der Waals surface area contributed by atoms with Crippen LogP contribution in [0.1, 0.15) is 33.2 Å². The minimum atomic E-state index is -1.35. The van der Waals surface area contributed by atoms with Crippen LogP contribution in [0.3, 0.4) is 0 Å². The first-order chi connectivity index (χ1) is 15.9. The second kappa shape index (κ2) is 7.71. The molecule has 156 valence electrons. The Kier molecular flexibility index (Phi) is 4.43. The molecule has 0 aromatic heterocycles. The fourth-order valence-electron chi connectivity index (χ4n) is 4.14. The molecule has 0 atom stereocenters. The lowest BCUT2D eigenvalue weighted by atomic mass is 9.96. The van der Waals surface area contributed by atoms with Crippen LogP contribution >= 0.6 is 0 Å². The second-order valence-corrected chi connectivity index (χ2v) is 7.52. The van der Waals surface area contributed by atoms with Crippen molar-refractivity contribution in [2.45, 2.75) is 6.42 Å². The van der Waals surface area contributed by atoms with E-state index in [0.717, 1.165) is 17.5 Å². The van der Waals surface area contributed by atoms with Crippen molar-refractivity contribution in [2.75, 3.05) is 0 Å². The van der Waals surface area contributed by atoms with E-state index in [1.165, 1.54) is 40.5 Å². The molecule has 2 N–H and O–H groups in total. The molecular formula is C27H18O5. The standard InChI is InChI=1S/C27H18O5/c28-26(29)23-13-12-19(15-25(23)27(30)31)32-18-10-8-16(9-11-18)20-6-3-7-22-21-5-2-1-4-17(21)14-24(20)22/h1-13,15H,14H2,(H,28,29)(H,30,31)/i8D.